The summed E-state index contributed by atoms with van der Waals surface area (Å²) in [5, 5.41) is 12.9. The molecule has 1 heterocycles. The van der Waals surface area contributed by atoms with Crippen molar-refractivity contribution in [2.45, 2.75) is 65.7 Å². The van der Waals surface area contributed by atoms with Crippen LogP contribution in [-0.4, -0.2) is 28.4 Å². The molecular weight excluding hydrogens is 540 g/mol. The first kappa shape index (κ1) is 30.0. The van der Waals surface area contributed by atoms with Gasteiger partial charge in [0.2, 0.25) is 0 Å². The van der Waals surface area contributed by atoms with Crippen molar-refractivity contribution in [3.05, 3.63) is 112 Å². The quantitative estimate of drug-likeness (QED) is 0.158. The van der Waals surface area contributed by atoms with Crippen LogP contribution in [0.1, 0.15) is 69.9 Å². The van der Waals surface area contributed by atoms with Gasteiger partial charge in [-0.25, -0.2) is 4.79 Å². The molecule has 5 rings (SSSR count). The number of Topliss-reactive ketones (excluding diaryl/α,β-unsaturated/α-hetero) is 1. The van der Waals surface area contributed by atoms with Crippen LogP contribution in [0.5, 0.6) is 11.5 Å². The lowest BCUT2D eigenvalue weighted by Crippen LogP contribution is -2.18. The van der Waals surface area contributed by atoms with Crippen LogP contribution in [0.3, 0.4) is 0 Å². The minimum Gasteiger partial charge on any atom is -0.488 e. The normalized spacial score (nSPS) is 12.1. The van der Waals surface area contributed by atoms with Crippen LogP contribution >= 0.6 is 0 Å². The first-order valence-electron chi connectivity index (χ1n) is 14.8. The van der Waals surface area contributed by atoms with E-state index in [1.54, 1.807) is 19.2 Å². The number of nitrogens with one attached hydrogen (secondary N) is 1. The summed E-state index contributed by atoms with van der Waals surface area (Å²) in [6.07, 6.45) is 7.21. The molecule has 0 unspecified atom stereocenters. The molecule has 0 spiro atoms. The number of aromatic carboxylic acids is 1. The van der Waals surface area contributed by atoms with Crippen LogP contribution in [0.25, 0.3) is 11.1 Å². The fourth-order valence-corrected chi connectivity index (χ4v) is 5.69. The van der Waals surface area contributed by atoms with Crippen molar-refractivity contribution in [1.82, 2.24) is 10.3 Å². The summed E-state index contributed by atoms with van der Waals surface area (Å²) in [5.41, 5.74) is 9.06. The number of carboxylic acid groups (broad SMARTS) is 1. The van der Waals surface area contributed by atoms with E-state index in [2.05, 4.69) is 59.7 Å². The highest BCUT2D eigenvalue weighted by Crippen LogP contribution is 2.40. The van der Waals surface area contributed by atoms with Crippen LogP contribution in [0.15, 0.2) is 73.1 Å². The number of carboxylic acids is 1. The Kier molecular flexibility index (Phi) is 9.84. The molecule has 0 aliphatic heterocycles. The molecule has 222 valence electrons. The molecule has 0 radical (unpaired) electrons. The van der Waals surface area contributed by atoms with E-state index in [1.807, 2.05) is 12.1 Å². The van der Waals surface area contributed by atoms with Gasteiger partial charge in [-0.3, -0.25) is 4.98 Å². The average molecular weight is 579 g/mol. The van der Waals surface area contributed by atoms with E-state index in [1.165, 1.54) is 34.0 Å². The maximum atomic E-state index is 11.5. The number of hydrogen-bond donors (Lipinski definition) is 2. The molecule has 1 aliphatic carbocycles. The number of carbonyl (C=O) groups is 2. The number of aromatic nitrogens is 1. The van der Waals surface area contributed by atoms with Crippen molar-refractivity contribution in [3.8, 4) is 22.6 Å². The van der Waals surface area contributed by atoms with Crippen molar-refractivity contribution in [2.24, 2.45) is 0 Å². The molecule has 0 bridgehead atoms. The van der Waals surface area contributed by atoms with Crippen molar-refractivity contribution >= 4 is 11.8 Å². The lowest BCUT2D eigenvalue weighted by Gasteiger charge is -2.20. The van der Waals surface area contributed by atoms with E-state index in [0.29, 0.717) is 30.9 Å². The number of carbonyl (C=O) groups excluding carboxylic acids is 1. The molecule has 3 aromatic carbocycles. The summed E-state index contributed by atoms with van der Waals surface area (Å²) in [6.45, 7) is 5.72. The molecule has 1 aromatic heterocycles. The number of benzene rings is 3. The van der Waals surface area contributed by atoms with E-state index < -0.39 is 5.97 Å². The van der Waals surface area contributed by atoms with Gasteiger partial charge in [-0.05, 0) is 85.5 Å². The Bertz CT molecular complexity index is 1600. The number of rotatable bonds is 14. The van der Waals surface area contributed by atoms with Gasteiger partial charge in [-0.1, -0.05) is 48.5 Å². The van der Waals surface area contributed by atoms with E-state index >= 15 is 0 Å². The molecule has 7 nitrogen and oxygen atoms in total. The molecule has 7 heteroatoms. The first-order valence-corrected chi connectivity index (χ1v) is 14.8. The Morgan fingerprint density at radius 3 is 2.51 bits per heavy atom. The van der Waals surface area contributed by atoms with Crippen LogP contribution in [0.2, 0.25) is 0 Å². The molecule has 0 saturated heterocycles. The fraction of sp³-hybridized carbons (Fsp3) is 0.306. The molecule has 0 fully saturated rings. The monoisotopic (exact) mass is 578 g/mol. The van der Waals surface area contributed by atoms with E-state index in [4.69, 9.17) is 9.47 Å². The summed E-state index contributed by atoms with van der Waals surface area (Å²) in [6, 6.07) is 20.3. The highest BCUT2D eigenvalue weighted by molar-refractivity contribution is 5.87. The Hall–Kier alpha value is -4.49. The fourth-order valence-electron chi connectivity index (χ4n) is 5.69. The molecule has 4 aromatic rings. The number of ether oxygens (including phenoxy) is 2. The standard InChI is InChI=1S/C36H38N2O5/c1-24(39)9-8-16-37-21-33-31-14-7-15-32(31)34(18-35(33)42-22-26-17-29(36(40)41)20-38-19-26)43-23-28-12-6-13-30(25(28)2)27-10-4-3-5-11-27/h3-6,10-13,17-20,37H,7-9,14-16,21-23H2,1-2H3,(H,40,41). The SMILES string of the molecule is CC(=O)CCCNCc1c(OCc2cncc(C(=O)O)c2)cc(OCc2cccc(-c3ccccc3)c2C)c2c1CCC2. The van der Waals surface area contributed by atoms with E-state index in [9.17, 15) is 14.7 Å². The van der Waals surface area contributed by atoms with E-state index in [-0.39, 0.29) is 18.0 Å². The lowest BCUT2D eigenvalue weighted by molar-refractivity contribution is -0.117. The Labute approximate surface area is 252 Å². The van der Waals surface area contributed by atoms with Gasteiger partial charge < -0.3 is 24.7 Å². The zero-order valence-electron chi connectivity index (χ0n) is 24.8. The van der Waals surface area contributed by atoms with Gasteiger partial charge in [0.05, 0.1) is 5.56 Å². The summed E-state index contributed by atoms with van der Waals surface area (Å²) in [7, 11) is 0. The van der Waals surface area contributed by atoms with Crippen molar-refractivity contribution < 1.29 is 24.2 Å². The van der Waals surface area contributed by atoms with Gasteiger partial charge in [-0.2, -0.15) is 0 Å². The highest BCUT2D eigenvalue weighted by atomic mass is 16.5. The van der Waals surface area contributed by atoms with Crippen LogP contribution < -0.4 is 14.8 Å². The third-order valence-corrected chi connectivity index (χ3v) is 7.97. The van der Waals surface area contributed by atoms with Crippen molar-refractivity contribution in [3.63, 3.8) is 0 Å². The average Bonchev–Trinajstić information content (AvgIpc) is 3.51. The van der Waals surface area contributed by atoms with Gasteiger partial charge in [0.1, 0.15) is 30.5 Å². The summed E-state index contributed by atoms with van der Waals surface area (Å²) < 4.78 is 12.9. The minimum atomic E-state index is -1.02. The van der Waals surface area contributed by atoms with Gasteiger partial charge >= 0.3 is 5.97 Å². The molecule has 1 aliphatic rings. The Balaban J connectivity index is 1.41. The minimum absolute atomic E-state index is 0.125. The molecule has 43 heavy (non-hydrogen) atoms. The number of nitrogens with zero attached hydrogens (tertiary/aromatic N) is 1. The number of hydrogen-bond acceptors (Lipinski definition) is 6. The molecule has 0 atom stereocenters. The van der Waals surface area contributed by atoms with Gasteiger partial charge in [0, 0.05) is 42.6 Å². The second-order valence-electron chi connectivity index (χ2n) is 11.1. The molecule has 0 amide bonds. The van der Waals surface area contributed by atoms with Crippen LogP contribution in [0, 0.1) is 6.92 Å². The summed E-state index contributed by atoms with van der Waals surface area (Å²) in [4.78, 5) is 26.9. The van der Waals surface area contributed by atoms with Gasteiger partial charge in [0.25, 0.3) is 0 Å². The summed E-state index contributed by atoms with van der Waals surface area (Å²) >= 11 is 0. The Morgan fingerprint density at radius 2 is 1.72 bits per heavy atom. The molecular formula is C36H38N2O5. The van der Waals surface area contributed by atoms with E-state index in [0.717, 1.165) is 49.1 Å². The molecule has 0 saturated carbocycles. The lowest BCUT2D eigenvalue weighted by atomic mass is 9.97. The first-order chi connectivity index (χ1) is 20.9. The zero-order chi connectivity index (χ0) is 30.2. The van der Waals surface area contributed by atoms with Gasteiger partial charge in [0.15, 0.2) is 0 Å². The zero-order valence-corrected chi connectivity index (χ0v) is 24.8. The predicted octanol–water partition coefficient (Wildman–Crippen LogP) is 6.86. The van der Waals surface area contributed by atoms with Crippen LogP contribution in [0.4, 0.5) is 0 Å². The van der Waals surface area contributed by atoms with Crippen LogP contribution in [-0.2, 0) is 37.4 Å². The highest BCUT2D eigenvalue weighted by Gasteiger charge is 2.24. The second kappa shape index (κ2) is 14.1. The third-order valence-electron chi connectivity index (χ3n) is 7.97. The second-order valence-corrected chi connectivity index (χ2v) is 11.1. The predicted molar refractivity (Wildman–Crippen MR) is 167 cm³/mol. The Morgan fingerprint density at radius 1 is 0.930 bits per heavy atom. The number of fused-ring (bicyclic) bond motifs is 1. The van der Waals surface area contributed by atoms with Gasteiger partial charge in [-0.15, -0.1) is 0 Å². The topological polar surface area (TPSA) is 97.8 Å². The number of pyridine rings is 1. The number of ketones is 1. The smallest absolute Gasteiger partial charge is 0.337 e. The van der Waals surface area contributed by atoms with Crippen molar-refractivity contribution in [1.29, 1.82) is 0 Å². The maximum absolute atomic E-state index is 11.5. The third kappa shape index (κ3) is 7.48. The summed E-state index contributed by atoms with van der Waals surface area (Å²) in [5.74, 6) is 0.703. The van der Waals surface area contributed by atoms with Crippen molar-refractivity contribution in [2.75, 3.05) is 6.54 Å². The molecule has 2 N–H and O–H groups in total. The largest absolute Gasteiger partial charge is 0.488 e. The maximum Gasteiger partial charge on any atom is 0.337 e.